The van der Waals surface area contributed by atoms with Crippen molar-refractivity contribution in [2.45, 2.75) is 12.7 Å². The Morgan fingerprint density at radius 1 is 1.35 bits per heavy atom. The molecule has 0 aliphatic heterocycles. The van der Waals surface area contributed by atoms with Crippen LogP contribution in [0.25, 0.3) is 5.69 Å². The molecule has 2 aromatic rings. The number of pyridine rings is 1. The average Bonchev–Trinajstić information content (AvgIpc) is 2.84. The second-order valence-corrected chi connectivity index (χ2v) is 3.85. The predicted octanol–water partition coefficient (Wildman–Crippen LogP) is 2.05. The van der Waals surface area contributed by atoms with Crippen molar-refractivity contribution >= 4 is 6.09 Å². The van der Waals surface area contributed by atoms with Crippen LogP contribution in [0.2, 0.25) is 0 Å². The summed E-state index contributed by atoms with van der Waals surface area (Å²) in [7, 11) is 0. The van der Waals surface area contributed by atoms with Crippen molar-refractivity contribution in [1.82, 2.24) is 20.1 Å². The van der Waals surface area contributed by atoms with Gasteiger partial charge in [0.05, 0.1) is 18.1 Å². The van der Waals surface area contributed by atoms with E-state index >= 15 is 0 Å². The van der Waals surface area contributed by atoms with Gasteiger partial charge in [0, 0.05) is 18.3 Å². The van der Waals surface area contributed by atoms with Crippen molar-refractivity contribution in [2.24, 2.45) is 0 Å². The highest BCUT2D eigenvalue weighted by molar-refractivity contribution is 5.64. The molecule has 0 spiro atoms. The molecule has 0 bridgehead atoms. The van der Waals surface area contributed by atoms with Gasteiger partial charge in [-0.15, -0.1) is 0 Å². The maximum absolute atomic E-state index is 12.4. The molecular weight excluding hydrogens is 277 g/mol. The fourth-order valence-corrected chi connectivity index (χ4v) is 1.46. The molecule has 0 fully saturated rings. The van der Waals surface area contributed by atoms with Crippen LogP contribution in [-0.4, -0.2) is 26.0 Å². The summed E-state index contributed by atoms with van der Waals surface area (Å²) in [4.78, 5) is 13.6. The van der Waals surface area contributed by atoms with Gasteiger partial charge in [-0.1, -0.05) is 0 Å². The third kappa shape index (κ3) is 3.25. The Morgan fingerprint density at radius 2 is 2.10 bits per heavy atom. The molecule has 2 N–H and O–H groups in total. The number of carbonyl (C=O) groups is 1. The summed E-state index contributed by atoms with van der Waals surface area (Å²) >= 11 is 0. The Hall–Kier alpha value is -2.58. The molecule has 1 amide bonds. The van der Waals surface area contributed by atoms with Crippen LogP contribution in [0.4, 0.5) is 18.0 Å². The van der Waals surface area contributed by atoms with Crippen LogP contribution in [0, 0.1) is 0 Å². The Bertz CT molecular complexity index is 607. The Morgan fingerprint density at radius 3 is 2.65 bits per heavy atom. The second-order valence-electron chi connectivity index (χ2n) is 3.85. The van der Waals surface area contributed by atoms with E-state index in [4.69, 9.17) is 5.11 Å². The molecule has 2 heterocycles. The first-order valence-electron chi connectivity index (χ1n) is 5.40. The Balaban J connectivity index is 2.14. The summed E-state index contributed by atoms with van der Waals surface area (Å²) in [6.07, 6.45) is -1.70. The predicted molar refractivity (Wildman–Crippen MR) is 61.2 cm³/mol. The molecule has 0 aliphatic carbocycles. The molecule has 0 aromatic carbocycles. The lowest BCUT2D eigenvalue weighted by Crippen LogP contribution is -2.19. The van der Waals surface area contributed by atoms with E-state index in [2.05, 4.69) is 15.4 Å². The standard InChI is InChI=1S/C11H9F3N4O2/c12-11(13,14)9-2-1-8(5-15-9)18-6-7(4-17-18)3-16-10(19)20/h1-2,4-6,16H,3H2,(H,19,20). The summed E-state index contributed by atoms with van der Waals surface area (Å²) in [6.45, 7) is 0.0589. The number of amides is 1. The molecule has 0 radical (unpaired) electrons. The maximum atomic E-state index is 12.4. The topological polar surface area (TPSA) is 80.0 Å². The van der Waals surface area contributed by atoms with Gasteiger partial charge >= 0.3 is 12.3 Å². The number of hydrogen-bond donors (Lipinski definition) is 2. The van der Waals surface area contributed by atoms with Crippen LogP contribution in [0.15, 0.2) is 30.7 Å². The van der Waals surface area contributed by atoms with Gasteiger partial charge in [0.15, 0.2) is 0 Å². The smallest absolute Gasteiger partial charge is 0.433 e. The van der Waals surface area contributed by atoms with E-state index in [1.54, 1.807) is 0 Å². The number of halogens is 3. The van der Waals surface area contributed by atoms with Gasteiger partial charge in [-0.05, 0) is 12.1 Å². The normalized spacial score (nSPS) is 11.3. The Kier molecular flexibility index (Phi) is 3.59. The van der Waals surface area contributed by atoms with E-state index in [0.717, 1.165) is 12.3 Å². The highest BCUT2D eigenvalue weighted by Gasteiger charge is 2.32. The van der Waals surface area contributed by atoms with Crippen LogP contribution >= 0.6 is 0 Å². The SMILES string of the molecule is O=C(O)NCc1cnn(-c2ccc(C(F)(F)F)nc2)c1. The van der Waals surface area contributed by atoms with E-state index in [1.165, 1.54) is 23.1 Å². The minimum Gasteiger partial charge on any atom is -0.465 e. The third-order valence-electron chi connectivity index (χ3n) is 2.38. The van der Waals surface area contributed by atoms with Crippen LogP contribution in [0.3, 0.4) is 0 Å². The van der Waals surface area contributed by atoms with E-state index in [0.29, 0.717) is 11.3 Å². The van der Waals surface area contributed by atoms with Gasteiger partial charge < -0.3 is 10.4 Å². The fourth-order valence-electron chi connectivity index (χ4n) is 1.46. The summed E-state index contributed by atoms with van der Waals surface area (Å²) in [5.74, 6) is 0. The van der Waals surface area contributed by atoms with Crippen molar-refractivity contribution in [1.29, 1.82) is 0 Å². The average molecular weight is 286 g/mol. The minimum absolute atomic E-state index is 0.0589. The van der Waals surface area contributed by atoms with Crippen molar-refractivity contribution in [3.63, 3.8) is 0 Å². The monoisotopic (exact) mass is 286 g/mol. The first-order chi connectivity index (χ1) is 9.36. The lowest BCUT2D eigenvalue weighted by molar-refractivity contribution is -0.141. The van der Waals surface area contributed by atoms with Gasteiger partial charge in [0.25, 0.3) is 0 Å². The zero-order valence-electron chi connectivity index (χ0n) is 9.92. The van der Waals surface area contributed by atoms with E-state index in [1.807, 2.05) is 0 Å². The highest BCUT2D eigenvalue weighted by atomic mass is 19.4. The lowest BCUT2D eigenvalue weighted by Gasteiger charge is -2.06. The van der Waals surface area contributed by atoms with Gasteiger partial charge in [0.1, 0.15) is 5.69 Å². The van der Waals surface area contributed by atoms with E-state index in [9.17, 15) is 18.0 Å². The zero-order valence-corrected chi connectivity index (χ0v) is 9.92. The van der Waals surface area contributed by atoms with Crippen LogP contribution in [0.1, 0.15) is 11.3 Å². The number of rotatable bonds is 3. The second kappa shape index (κ2) is 5.19. The van der Waals surface area contributed by atoms with Crippen molar-refractivity contribution in [3.05, 3.63) is 42.0 Å². The molecule has 0 saturated heterocycles. The van der Waals surface area contributed by atoms with Gasteiger partial charge in [-0.2, -0.15) is 18.3 Å². The number of nitrogens with one attached hydrogen (secondary N) is 1. The molecule has 2 rings (SSSR count). The first-order valence-corrected chi connectivity index (χ1v) is 5.40. The van der Waals surface area contributed by atoms with Gasteiger partial charge in [-0.3, -0.25) is 0 Å². The molecule has 2 aromatic heterocycles. The summed E-state index contributed by atoms with van der Waals surface area (Å²) in [5.41, 5.74) is -0.0620. The van der Waals surface area contributed by atoms with E-state index < -0.39 is 18.0 Å². The number of hydrogen-bond acceptors (Lipinski definition) is 3. The summed E-state index contributed by atoms with van der Waals surface area (Å²) in [6, 6.07) is 2.09. The quantitative estimate of drug-likeness (QED) is 0.905. The number of nitrogens with zero attached hydrogens (tertiary/aromatic N) is 3. The number of aromatic nitrogens is 3. The molecule has 9 heteroatoms. The molecule has 6 nitrogen and oxygen atoms in total. The summed E-state index contributed by atoms with van der Waals surface area (Å²) < 4.78 is 38.4. The minimum atomic E-state index is -4.49. The van der Waals surface area contributed by atoms with Gasteiger partial charge in [-0.25, -0.2) is 14.5 Å². The number of alkyl halides is 3. The molecule has 0 saturated carbocycles. The molecular formula is C11H9F3N4O2. The van der Waals surface area contributed by atoms with Crippen LogP contribution in [-0.2, 0) is 12.7 Å². The van der Waals surface area contributed by atoms with E-state index in [-0.39, 0.29) is 6.54 Å². The molecule has 20 heavy (non-hydrogen) atoms. The third-order valence-corrected chi connectivity index (χ3v) is 2.38. The Labute approximate surface area is 110 Å². The van der Waals surface area contributed by atoms with Crippen molar-refractivity contribution < 1.29 is 23.1 Å². The highest BCUT2D eigenvalue weighted by Crippen LogP contribution is 2.27. The maximum Gasteiger partial charge on any atom is 0.433 e. The fraction of sp³-hybridized carbons (Fsp3) is 0.182. The number of carboxylic acid groups (broad SMARTS) is 1. The summed E-state index contributed by atoms with van der Waals surface area (Å²) in [5, 5.41) is 14.5. The molecule has 106 valence electrons. The van der Waals surface area contributed by atoms with Crippen LogP contribution < -0.4 is 5.32 Å². The van der Waals surface area contributed by atoms with Gasteiger partial charge in [0.2, 0.25) is 0 Å². The van der Waals surface area contributed by atoms with Crippen molar-refractivity contribution in [3.8, 4) is 5.69 Å². The van der Waals surface area contributed by atoms with Crippen LogP contribution in [0.5, 0.6) is 0 Å². The zero-order chi connectivity index (χ0) is 14.8. The molecule has 0 aliphatic rings. The van der Waals surface area contributed by atoms with Crippen molar-refractivity contribution in [2.75, 3.05) is 0 Å². The largest absolute Gasteiger partial charge is 0.465 e. The molecule has 0 atom stereocenters. The molecule has 0 unspecified atom stereocenters. The lowest BCUT2D eigenvalue weighted by atomic mass is 10.3. The first kappa shape index (κ1) is 13.8.